The highest BCUT2D eigenvalue weighted by atomic mass is 32.1. The Morgan fingerprint density at radius 1 is 0.636 bits per heavy atom. The van der Waals surface area contributed by atoms with E-state index in [1.807, 2.05) is 48.5 Å². The van der Waals surface area contributed by atoms with Crippen molar-refractivity contribution < 1.29 is 0 Å². The molecule has 33 heavy (non-hydrogen) atoms. The van der Waals surface area contributed by atoms with Crippen molar-refractivity contribution in [2.75, 3.05) is 0 Å². The van der Waals surface area contributed by atoms with Gasteiger partial charge in [-0.2, -0.15) is 21.0 Å². The van der Waals surface area contributed by atoms with Gasteiger partial charge in [-0.05, 0) is 61.1 Å². The Morgan fingerprint density at radius 2 is 1.03 bits per heavy atom. The first-order chi connectivity index (χ1) is 16.1. The lowest BCUT2D eigenvalue weighted by molar-refractivity contribution is 0.758. The fourth-order valence-corrected chi connectivity index (χ4v) is 7.17. The fourth-order valence-electron chi connectivity index (χ4n) is 3.59. The second-order valence-electron chi connectivity index (χ2n) is 7.45. The van der Waals surface area contributed by atoms with Gasteiger partial charge in [0, 0.05) is 18.1 Å². The van der Waals surface area contributed by atoms with Gasteiger partial charge in [0.15, 0.2) is 0 Å². The molecule has 0 radical (unpaired) electrons. The van der Waals surface area contributed by atoms with Crippen LogP contribution in [0.15, 0.2) is 24.3 Å². The van der Waals surface area contributed by atoms with E-state index in [1.54, 1.807) is 11.3 Å². The summed E-state index contributed by atoms with van der Waals surface area (Å²) in [6.07, 6.45) is 6.33. The number of nitriles is 4. The van der Waals surface area contributed by atoms with Crippen molar-refractivity contribution in [2.45, 2.75) is 52.4 Å². The zero-order valence-corrected chi connectivity index (χ0v) is 21.0. The first kappa shape index (κ1) is 24.4. The summed E-state index contributed by atoms with van der Waals surface area (Å²) < 4.78 is 5.95. The van der Waals surface area contributed by atoms with Gasteiger partial charge >= 0.3 is 0 Å². The molecule has 0 amide bonds. The Kier molecular flexibility index (Phi) is 8.59. The van der Waals surface area contributed by atoms with Gasteiger partial charge in [0.05, 0.1) is 9.06 Å². The molecule has 3 heterocycles. The maximum Gasteiger partial charge on any atom is 0.146 e. The molecule has 0 spiro atoms. The summed E-state index contributed by atoms with van der Waals surface area (Å²) in [4.78, 5) is 0. The maximum atomic E-state index is 9.27. The topological polar surface area (TPSA) is 95.2 Å². The third kappa shape index (κ3) is 5.24. The van der Waals surface area contributed by atoms with Crippen LogP contribution in [0, 0.1) is 63.5 Å². The van der Waals surface area contributed by atoms with Crippen molar-refractivity contribution in [3.05, 3.63) is 62.6 Å². The second-order valence-corrected chi connectivity index (χ2v) is 10.6. The first-order valence-corrected chi connectivity index (χ1v) is 13.3. The molecule has 0 atom stereocenters. The average molecular weight is 487 g/mol. The number of rotatable bonds is 6. The molecule has 0 N–H and O–H groups in total. The molecule has 4 nitrogen and oxygen atoms in total. The molecule has 0 aliphatic carbocycles. The molecular formula is C26H22N4S3. The smallest absolute Gasteiger partial charge is 0.146 e. The van der Waals surface area contributed by atoms with Crippen molar-refractivity contribution in [1.82, 2.24) is 0 Å². The minimum absolute atomic E-state index is 0.142. The van der Waals surface area contributed by atoms with Gasteiger partial charge in [-0.25, -0.2) is 0 Å². The Morgan fingerprint density at radius 3 is 1.36 bits per heavy atom. The zero-order chi connectivity index (χ0) is 23.8. The predicted molar refractivity (Wildman–Crippen MR) is 134 cm³/mol. The van der Waals surface area contributed by atoms with Crippen LogP contribution in [0.5, 0.6) is 0 Å². The Hall–Kier alpha value is -3.20. The van der Waals surface area contributed by atoms with Crippen molar-refractivity contribution in [3.8, 4) is 24.3 Å². The summed E-state index contributed by atoms with van der Waals surface area (Å²) in [5.41, 5.74) is 2.99. The number of hydrogen-bond acceptors (Lipinski definition) is 7. The lowest BCUT2D eigenvalue weighted by Crippen LogP contribution is -1.94. The summed E-state index contributed by atoms with van der Waals surface area (Å²) in [6.45, 7) is 4.38. The minimum Gasteiger partial charge on any atom is -0.192 e. The number of hydrogen-bond donors (Lipinski definition) is 0. The van der Waals surface area contributed by atoms with E-state index in [-0.39, 0.29) is 11.1 Å². The largest absolute Gasteiger partial charge is 0.192 e. The molecule has 7 heteroatoms. The average Bonchev–Trinajstić information content (AvgIpc) is 3.57. The molecule has 3 aromatic heterocycles. The molecule has 0 unspecified atom stereocenters. The third-order valence-electron chi connectivity index (χ3n) is 5.28. The lowest BCUT2D eigenvalue weighted by atomic mass is 10.0. The molecule has 164 valence electrons. The quantitative estimate of drug-likeness (QED) is 0.458. The molecule has 0 aliphatic heterocycles. The van der Waals surface area contributed by atoms with Gasteiger partial charge < -0.3 is 0 Å². The normalized spacial score (nSPS) is 12.3. The monoisotopic (exact) mass is 486 g/mol. The van der Waals surface area contributed by atoms with Crippen LogP contribution in [-0.2, 0) is 12.8 Å². The molecule has 3 aromatic rings. The van der Waals surface area contributed by atoms with Gasteiger partial charge in [0.25, 0.3) is 0 Å². The number of thiophene rings is 3. The SMILES string of the molecule is CCCCc1c(CCCC)c(=c2ccc(=C(C#N)C#N)s2)sc1=c1ccc(=C(C#N)C#N)s1. The standard InChI is InChI=1S/C26H22N4S3/c1-3-5-7-19-20(8-6-4-2)26(24-12-10-22(32-24)18(15-29)16-30)33-25(19)23-11-9-21(31-23)17(13-27)14-28/h9-12H,3-8H2,1-2H3. The van der Waals surface area contributed by atoms with E-state index in [0.717, 1.165) is 47.6 Å². The molecular weight excluding hydrogens is 465 g/mol. The fraction of sp³-hybridized carbons (Fsp3) is 0.308. The molecule has 0 aromatic carbocycles. The van der Waals surface area contributed by atoms with Crippen LogP contribution in [0.1, 0.15) is 50.7 Å². The molecule has 0 saturated carbocycles. The second kappa shape index (κ2) is 11.6. The van der Waals surface area contributed by atoms with Gasteiger partial charge in [-0.1, -0.05) is 26.7 Å². The van der Waals surface area contributed by atoms with Gasteiger partial charge in [0.2, 0.25) is 0 Å². The van der Waals surface area contributed by atoms with Crippen molar-refractivity contribution in [2.24, 2.45) is 0 Å². The van der Waals surface area contributed by atoms with Crippen LogP contribution in [0.4, 0.5) is 0 Å². The summed E-state index contributed by atoms with van der Waals surface area (Å²) in [5.74, 6) is 0. The first-order valence-electron chi connectivity index (χ1n) is 10.8. The highest BCUT2D eigenvalue weighted by molar-refractivity contribution is 7.13. The summed E-state index contributed by atoms with van der Waals surface area (Å²) >= 11 is 4.73. The summed E-state index contributed by atoms with van der Waals surface area (Å²) in [7, 11) is 0. The van der Waals surface area contributed by atoms with E-state index in [4.69, 9.17) is 0 Å². The number of nitrogens with zero attached hydrogens (tertiary/aromatic N) is 4. The molecule has 0 aliphatic rings. The Balaban J connectivity index is 2.53. The third-order valence-corrected chi connectivity index (χ3v) is 9.12. The van der Waals surface area contributed by atoms with Crippen LogP contribution in [0.2, 0.25) is 0 Å². The molecule has 3 rings (SSSR count). The summed E-state index contributed by atoms with van der Waals surface area (Å²) in [5, 5.41) is 37.1. The zero-order valence-electron chi connectivity index (χ0n) is 18.6. The Labute approximate surface area is 204 Å². The van der Waals surface area contributed by atoms with Crippen LogP contribution < -0.4 is 9.06 Å². The highest BCUT2D eigenvalue weighted by Crippen LogP contribution is 2.27. The van der Waals surface area contributed by atoms with Crippen molar-refractivity contribution in [3.63, 3.8) is 0 Å². The van der Waals surface area contributed by atoms with Gasteiger partial charge in [-0.3, -0.25) is 0 Å². The van der Waals surface area contributed by atoms with Crippen molar-refractivity contribution >= 4 is 45.2 Å². The van der Waals surface area contributed by atoms with E-state index < -0.39 is 0 Å². The van der Waals surface area contributed by atoms with Gasteiger partial charge in [-0.15, -0.1) is 34.0 Å². The van der Waals surface area contributed by atoms with E-state index >= 15 is 0 Å². The van der Waals surface area contributed by atoms with Crippen molar-refractivity contribution in [1.29, 1.82) is 21.0 Å². The van der Waals surface area contributed by atoms with E-state index in [0.29, 0.717) is 9.06 Å². The predicted octanol–water partition coefficient (Wildman–Crippen LogP) is 5.53. The molecule has 0 saturated heterocycles. The number of unbranched alkanes of at least 4 members (excludes halogenated alkanes) is 2. The van der Waals surface area contributed by atoms with E-state index in [2.05, 4.69) is 13.8 Å². The van der Waals surface area contributed by atoms with Crippen LogP contribution in [0.25, 0.3) is 11.1 Å². The summed E-state index contributed by atoms with van der Waals surface area (Å²) in [6, 6.07) is 15.7. The van der Waals surface area contributed by atoms with Crippen LogP contribution >= 0.6 is 34.0 Å². The lowest BCUT2D eigenvalue weighted by Gasteiger charge is -2.04. The van der Waals surface area contributed by atoms with E-state index in [1.165, 1.54) is 42.9 Å². The van der Waals surface area contributed by atoms with Crippen LogP contribution in [-0.4, -0.2) is 0 Å². The maximum absolute atomic E-state index is 9.27. The highest BCUT2D eigenvalue weighted by Gasteiger charge is 2.12. The van der Waals surface area contributed by atoms with E-state index in [9.17, 15) is 21.0 Å². The minimum atomic E-state index is 0.142. The van der Waals surface area contributed by atoms with Crippen LogP contribution in [0.3, 0.4) is 0 Å². The van der Waals surface area contributed by atoms with Gasteiger partial charge in [0.1, 0.15) is 35.4 Å². The molecule has 0 fully saturated rings. The Bertz CT molecular complexity index is 1490. The molecule has 0 bridgehead atoms.